The van der Waals surface area contributed by atoms with Gasteiger partial charge in [0.2, 0.25) is 0 Å². The van der Waals surface area contributed by atoms with Gasteiger partial charge in [-0.05, 0) is 5.25 Å². The molecule has 0 aliphatic carbocycles. The second kappa shape index (κ2) is 5.19. The van der Waals surface area contributed by atoms with Crippen molar-refractivity contribution in [2.24, 2.45) is 0 Å². The molecule has 1 aromatic heterocycles. The number of rotatable bonds is 4. The lowest BCUT2D eigenvalue weighted by atomic mass is 10.3. The summed E-state index contributed by atoms with van der Waals surface area (Å²) in [5.74, 6) is 0.677. The molecular weight excluding hydrogens is 184 g/mol. The van der Waals surface area contributed by atoms with Crippen LogP contribution >= 0.6 is 11.8 Å². The summed E-state index contributed by atoms with van der Waals surface area (Å²) >= 11 is 1.72. The Balaban J connectivity index is 2.44. The fraction of sp³-hybridized carbons (Fsp3) is 0.556. The maximum atomic E-state index is 9.65. The van der Waals surface area contributed by atoms with Gasteiger partial charge in [0.15, 0.2) is 0 Å². The first-order valence-electron chi connectivity index (χ1n) is 4.25. The fourth-order valence-corrected chi connectivity index (χ4v) is 1.59. The quantitative estimate of drug-likeness (QED) is 0.799. The van der Waals surface area contributed by atoms with Gasteiger partial charge < -0.3 is 5.11 Å². The number of aliphatic hydroxyl groups excluding tert-OH is 1. The van der Waals surface area contributed by atoms with Crippen LogP contribution < -0.4 is 0 Å². The third kappa shape index (κ3) is 3.74. The molecule has 0 saturated carbocycles. The van der Waals surface area contributed by atoms with E-state index in [9.17, 15) is 5.11 Å². The highest BCUT2D eigenvalue weighted by molar-refractivity contribution is 7.99. The van der Waals surface area contributed by atoms with Gasteiger partial charge >= 0.3 is 0 Å². The number of aliphatic hydroxyl groups is 1. The van der Waals surface area contributed by atoms with Gasteiger partial charge in [0.25, 0.3) is 0 Å². The van der Waals surface area contributed by atoms with E-state index in [4.69, 9.17) is 0 Å². The molecule has 0 amide bonds. The zero-order valence-electron chi connectivity index (χ0n) is 7.84. The van der Waals surface area contributed by atoms with Crippen molar-refractivity contribution in [2.75, 3.05) is 5.75 Å². The molecule has 4 heteroatoms. The maximum Gasteiger partial charge on any atom is 0.106 e. The lowest BCUT2D eigenvalue weighted by Gasteiger charge is -2.10. The number of aromatic nitrogens is 2. The lowest BCUT2D eigenvalue weighted by molar-refractivity contribution is 0.198. The first-order chi connectivity index (χ1) is 6.20. The topological polar surface area (TPSA) is 46.0 Å². The van der Waals surface area contributed by atoms with Gasteiger partial charge in [0.05, 0.1) is 11.9 Å². The molecule has 0 aliphatic rings. The van der Waals surface area contributed by atoms with E-state index in [1.54, 1.807) is 30.4 Å². The van der Waals surface area contributed by atoms with Crippen LogP contribution in [0.5, 0.6) is 0 Å². The van der Waals surface area contributed by atoms with Crippen molar-refractivity contribution < 1.29 is 5.11 Å². The third-order valence-corrected chi connectivity index (χ3v) is 2.69. The minimum atomic E-state index is -0.499. The summed E-state index contributed by atoms with van der Waals surface area (Å²) in [7, 11) is 0. The van der Waals surface area contributed by atoms with Gasteiger partial charge in [-0.15, -0.1) is 0 Å². The molecular formula is C9H14N2OS. The second-order valence-corrected chi connectivity index (χ2v) is 4.64. The van der Waals surface area contributed by atoms with E-state index in [0.717, 1.165) is 0 Å². The SMILES string of the molecule is CC(C)SCC(O)c1cnccn1. The molecule has 0 fully saturated rings. The molecule has 0 spiro atoms. The molecule has 0 radical (unpaired) electrons. The molecule has 0 saturated heterocycles. The number of hydrogen-bond donors (Lipinski definition) is 1. The Morgan fingerprint density at radius 3 is 2.77 bits per heavy atom. The smallest absolute Gasteiger partial charge is 0.106 e. The molecule has 0 aromatic carbocycles. The molecule has 0 aliphatic heterocycles. The Morgan fingerprint density at radius 1 is 1.46 bits per heavy atom. The zero-order chi connectivity index (χ0) is 9.68. The van der Waals surface area contributed by atoms with Crippen molar-refractivity contribution in [3.63, 3.8) is 0 Å². The fourth-order valence-electron chi connectivity index (χ4n) is 0.852. The number of thioether (sulfide) groups is 1. The van der Waals surface area contributed by atoms with Crippen LogP contribution in [-0.2, 0) is 0 Å². The number of nitrogens with zero attached hydrogens (tertiary/aromatic N) is 2. The van der Waals surface area contributed by atoms with Gasteiger partial charge in [0, 0.05) is 18.1 Å². The van der Waals surface area contributed by atoms with Crippen molar-refractivity contribution in [1.29, 1.82) is 0 Å². The summed E-state index contributed by atoms with van der Waals surface area (Å²) in [6.07, 6.45) is 4.30. The molecule has 1 N–H and O–H groups in total. The highest BCUT2D eigenvalue weighted by atomic mass is 32.2. The van der Waals surface area contributed by atoms with E-state index < -0.39 is 6.10 Å². The van der Waals surface area contributed by atoms with E-state index in [2.05, 4.69) is 23.8 Å². The first kappa shape index (κ1) is 10.5. The Labute approximate surface area is 82.6 Å². The molecule has 1 aromatic rings. The molecule has 72 valence electrons. The van der Waals surface area contributed by atoms with Crippen LogP contribution in [0.25, 0.3) is 0 Å². The highest BCUT2D eigenvalue weighted by Crippen LogP contribution is 2.18. The minimum Gasteiger partial charge on any atom is -0.386 e. The van der Waals surface area contributed by atoms with Crippen molar-refractivity contribution in [2.45, 2.75) is 25.2 Å². The number of hydrogen-bond acceptors (Lipinski definition) is 4. The standard InChI is InChI=1S/C9H14N2OS/c1-7(2)13-6-9(12)8-5-10-3-4-11-8/h3-5,7,9,12H,6H2,1-2H3. The summed E-state index contributed by atoms with van der Waals surface area (Å²) in [5, 5.41) is 10.2. The predicted octanol–water partition coefficient (Wildman–Crippen LogP) is 1.65. The molecule has 1 rings (SSSR count). The summed E-state index contributed by atoms with van der Waals surface area (Å²) < 4.78 is 0. The molecule has 1 unspecified atom stereocenters. The van der Waals surface area contributed by atoms with E-state index in [1.165, 1.54) is 0 Å². The van der Waals surface area contributed by atoms with E-state index >= 15 is 0 Å². The van der Waals surface area contributed by atoms with Crippen LogP contribution in [-0.4, -0.2) is 26.1 Å². The van der Waals surface area contributed by atoms with Crippen LogP contribution in [0.1, 0.15) is 25.6 Å². The summed E-state index contributed by atoms with van der Waals surface area (Å²) in [5.41, 5.74) is 0.649. The van der Waals surface area contributed by atoms with E-state index in [-0.39, 0.29) is 0 Å². The summed E-state index contributed by atoms with van der Waals surface area (Å²) in [6, 6.07) is 0. The van der Waals surface area contributed by atoms with Crippen molar-refractivity contribution in [3.8, 4) is 0 Å². The average Bonchev–Trinajstić information content (AvgIpc) is 2.15. The zero-order valence-corrected chi connectivity index (χ0v) is 8.66. The van der Waals surface area contributed by atoms with Gasteiger partial charge in [-0.2, -0.15) is 11.8 Å². The monoisotopic (exact) mass is 198 g/mol. The van der Waals surface area contributed by atoms with Crippen molar-refractivity contribution in [3.05, 3.63) is 24.3 Å². The summed E-state index contributed by atoms with van der Waals surface area (Å²) in [4.78, 5) is 7.93. The van der Waals surface area contributed by atoms with E-state index in [1.807, 2.05) is 0 Å². The maximum absolute atomic E-state index is 9.65. The van der Waals surface area contributed by atoms with Crippen LogP contribution in [0.15, 0.2) is 18.6 Å². The molecule has 1 heterocycles. The Morgan fingerprint density at radius 2 is 2.23 bits per heavy atom. The Kier molecular flexibility index (Phi) is 4.18. The Hall–Kier alpha value is -0.610. The minimum absolute atomic E-state index is 0.499. The van der Waals surface area contributed by atoms with Gasteiger partial charge in [-0.25, -0.2) is 0 Å². The lowest BCUT2D eigenvalue weighted by Crippen LogP contribution is -2.05. The molecule has 1 atom stereocenters. The largest absolute Gasteiger partial charge is 0.386 e. The van der Waals surface area contributed by atoms with Gasteiger partial charge in [0.1, 0.15) is 6.10 Å². The predicted molar refractivity (Wildman–Crippen MR) is 54.6 cm³/mol. The molecule has 0 bridgehead atoms. The van der Waals surface area contributed by atoms with Crippen LogP contribution in [0.2, 0.25) is 0 Å². The molecule has 3 nitrogen and oxygen atoms in total. The normalized spacial score (nSPS) is 13.2. The third-order valence-electron chi connectivity index (χ3n) is 1.51. The van der Waals surface area contributed by atoms with Crippen LogP contribution in [0, 0.1) is 0 Å². The van der Waals surface area contributed by atoms with E-state index in [0.29, 0.717) is 16.7 Å². The highest BCUT2D eigenvalue weighted by Gasteiger charge is 2.09. The van der Waals surface area contributed by atoms with Crippen molar-refractivity contribution >= 4 is 11.8 Å². The second-order valence-electron chi connectivity index (χ2n) is 3.03. The average molecular weight is 198 g/mol. The van der Waals surface area contributed by atoms with Gasteiger partial charge in [-0.1, -0.05) is 13.8 Å². The van der Waals surface area contributed by atoms with Crippen LogP contribution in [0.4, 0.5) is 0 Å². The first-order valence-corrected chi connectivity index (χ1v) is 5.30. The van der Waals surface area contributed by atoms with Crippen LogP contribution in [0.3, 0.4) is 0 Å². The summed E-state index contributed by atoms with van der Waals surface area (Å²) in [6.45, 7) is 4.21. The Bertz CT molecular complexity index is 241. The van der Waals surface area contributed by atoms with Gasteiger partial charge in [-0.3, -0.25) is 9.97 Å². The molecule has 13 heavy (non-hydrogen) atoms. The van der Waals surface area contributed by atoms with Crippen molar-refractivity contribution in [1.82, 2.24) is 9.97 Å².